The van der Waals surface area contributed by atoms with E-state index < -0.39 is 5.54 Å². The molecule has 0 saturated carbocycles. The zero-order chi connectivity index (χ0) is 14.3. The quantitative estimate of drug-likeness (QED) is 0.720. The zero-order valence-electron chi connectivity index (χ0n) is 12.8. The highest BCUT2D eigenvalue weighted by molar-refractivity contribution is 5.79. The number of esters is 1. The van der Waals surface area contributed by atoms with Gasteiger partial charge in [0, 0.05) is 0 Å². The molecule has 0 spiro atoms. The Bertz CT molecular complexity index is 271. The summed E-state index contributed by atoms with van der Waals surface area (Å²) in [6.45, 7) is 7.46. The summed E-state index contributed by atoms with van der Waals surface area (Å²) < 4.78 is 4.72. The van der Waals surface area contributed by atoms with Crippen molar-refractivity contribution in [3.63, 3.8) is 0 Å². The van der Waals surface area contributed by atoms with Crippen LogP contribution in [-0.2, 0) is 9.53 Å². The van der Waals surface area contributed by atoms with E-state index in [9.17, 15) is 4.79 Å². The molecular weight excluding hydrogens is 240 g/mol. The molecule has 0 aliphatic carbocycles. The predicted molar refractivity (Wildman–Crippen MR) is 77.9 cm³/mol. The third kappa shape index (κ3) is 5.49. The molecule has 2 N–H and O–H groups in total. The lowest BCUT2D eigenvalue weighted by atomic mass is 9.92. The van der Waals surface area contributed by atoms with Crippen molar-refractivity contribution in [2.24, 2.45) is 11.7 Å². The van der Waals surface area contributed by atoms with Crippen LogP contribution in [0.5, 0.6) is 0 Å². The summed E-state index contributed by atoms with van der Waals surface area (Å²) in [6.07, 6.45) is 6.97. The van der Waals surface area contributed by atoms with Gasteiger partial charge in [-0.15, -0.1) is 0 Å². The summed E-state index contributed by atoms with van der Waals surface area (Å²) in [5.41, 5.74) is 5.12. The Morgan fingerprint density at radius 1 is 1.42 bits per heavy atom. The van der Waals surface area contributed by atoms with E-state index >= 15 is 0 Å². The molecule has 1 saturated heterocycles. The minimum atomic E-state index is -0.838. The largest absolute Gasteiger partial charge is 0.468 e. The first-order chi connectivity index (χ1) is 8.99. The second kappa shape index (κ2) is 7.85. The van der Waals surface area contributed by atoms with Crippen molar-refractivity contribution in [1.29, 1.82) is 0 Å². The number of ether oxygens (including phenoxy) is 1. The van der Waals surface area contributed by atoms with Crippen LogP contribution in [0.15, 0.2) is 0 Å². The first-order valence-electron chi connectivity index (χ1n) is 7.59. The van der Waals surface area contributed by atoms with Crippen LogP contribution in [-0.4, -0.2) is 43.2 Å². The maximum absolute atomic E-state index is 11.5. The molecule has 1 heterocycles. The monoisotopic (exact) mass is 270 g/mol. The summed E-state index contributed by atoms with van der Waals surface area (Å²) in [4.78, 5) is 14.0. The number of likely N-dealkylation sites (tertiary alicyclic amines) is 1. The fraction of sp³-hybridized carbons (Fsp3) is 0.933. The summed E-state index contributed by atoms with van der Waals surface area (Å²) in [6, 6.07) is 0. The molecule has 1 rings (SSSR count). The summed E-state index contributed by atoms with van der Waals surface area (Å²) >= 11 is 0. The van der Waals surface area contributed by atoms with Gasteiger partial charge in [-0.3, -0.25) is 4.79 Å². The molecule has 0 aromatic heterocycles. The minimum Gasteiger partial charge on any atom is -0.468 e. The molecule has 1 unspecified atom stereocenters. The molecule has 0 aromatic carbocycles. The van der Waals surface area contributed by atoms with Crippen molar-refractivity contribution in [2.45, 2.75) is 57.9 Å². The van der Waals surface area contributed by atoms with Gasteiger partial charge in [0.25, 0.3) is 0 Å². The molecule has 0 radical (unpaired) electrons. The summed E-state index contributed by atoms with van der Waals surface area (Å²) in [5.74, 6) is 0.616. The Kier molecular flexibility index (Phi) is 6.80. The Hall–Kier alpha value is -0.610. The maximum atomic E-state index is 11.5. The molecule has 112 valence electrons. The lowest BCUT2D eigenvalue weighted by Gasteiger charge is -2.32. The average Bonchev–Trinajstić information content (AvgIpc) is 2.40. The molecule has 1 aliphatic heterocycles. The lowest BCUT2D eigenvalue weighted by Crippen LogP contribution is -2.46. The molecule has 0 amide bonds. The van der Waals surface area contributed by atoms with Gasteiger partial charge in [-0.25, -0.2) is 0 Å². The SMILES string of the molecule is CCCC1CCN(CCCC(C)(N)C(=O)OC)CC1. The molecule has 1 atom stereocenters. The van der Waals surface area contributed by atoms with E-state index in [0.717, 1.165) is 18.9 Å². The summed E-state index contributed by atoms with van der Waals surface area (Å²) in [5, 5.41) is 0. The van der Waals surface area contributed by atoms with Crippen LogP contribution in [0.25, 0.3) is 0 Å². The standard InChI is InChI=1S/C15H30N2O2/c1-4-6-13-7-11-17(12-8-13)10-5-9-15(2,16)14(18)19-3/h13H,4-12,16H2,1-3H3. The van der Waals surface area contributed by atoms with Crippen LogP contribution < -0.4 is 5.73 Å². The minimum absolute atomic E-state index is 0.311. The number of rotatable bonds is 7. The van der Waals surface area contributed by atoms with Crippen LogP contribution >= 0.6 is 0 Å². The van der Waals surface area contributed by atoms with Crippen molar-refractivity contribution in [2.75, 3.05) is 26.7 Å². The third-order valence-corrected chi connectivity index (χ3v) is 4.23. The summed E-state index contributed by atoms with van der Waals surface area (Å²) in [7, 11) is 1.39. The van der Waals surface area contributed by atoms with Gasteiger partial charge in [-0.1, -0.05) is 19.8 Å². The Balaban J connectivity index is 2.19. The van der Waals surface area contributed by atoms with Crippen molar-refractivity contribution < 1.29 is 9.53 Å². The first kappa shape index (κ1) is 16.4. The Morgan fingerprint density at radius 2 is 2.05 bits per heavy atom. The van der Waals surface area contributed by atoms with Gasteiger partial charge < -0.3 is 15.4 Å². The van der Waals surface area contributed by atoms with E-state index in [1.165, 1.54) is 45.9 Å². The predicted octanol–water partition coefficient (Wildman–Crippen LogP) is 2.17. The van der Waals surface area contributed by atoms with Crippen LogP contribution in [0, 0.1) is 5.92 Å². The highest BCUT2D eigenvalue weighted by Crippen LogP contribution is 2.22. The molecule has 0 aromatic rings. The molecule has 4 nitrogen and oxygen atoms in total. The van der Waals surface area contributed by atoms with Crippen molar-refractivity contribution in [1.82, 2.24) is 4.90 Å². The normalized spacial score (nSPS) is 21.1. The fourth-order valence-corrected chi connectivity index (χ4v) is 2.91. The second-order valence-corrected chi connectivity index (χ2v) is 6.09. The third-order valence-electron chi connectivity index (χ3n) is 4.23. The van der Waals surface area contributed by atoms with E-state index in [2.05, 4.69) is 11.8 Å². The van der Waals surface area contributed by atoms with Gasteiger partial charge in [0.15, 0.2) is 0 Å². The first-order valence-corrected chi connectivity index (χ1v) is 7.59. The van der Waals surface area contributed by atoms with Crippen molar-refractivity contribution >= 4 is 5.97 Å². The lowest BCUT2D eigenvalue weighted by molar-refractivity contribution is -0.146. The highest BCUT2D eigenvalue weighted by Gasteiger charge is 2.29. The smallest absolute Gasteiger partial charge is 0.325 e. The van der Waals surface area contributed by atoms with E-state index in [4.69, 9.17) is 10.5 Å². The van der Waals surface area contributed by atoms with Crippen LogP contribution in [0.1, 0.15) is 52.4 Å². The number of hydrogen-bond acceptors (Lipinski definition) is 4. The van der Waals surface area contributed by atoms with Gasteiger partial charge in [0.1, 0.15) is 5.54 Å². The second-order valence-electron chi connectivity index (χ2n) is 6.09. The Labute approximate surface area is 117 Å². The number of carbonyl (C=O) groups is 1. The van der Waals surface area contributed by atoms with Crippen LogP contribution in [0.2, 0.25) is 0 Å². The zero-order valence-corrected chi connectivity index (χ0v) is 12.8. The number of nitrogens with two attached hydrogens (primary N) is 1. The van der Waals surface area contributed by atoms with Crippen molar-refractivity contribution in [3.05, 3.63) is 0 Å². The number of methoxy groups -OCH3 is 1. The van der Waals surface area contributed by atoms with Gasteiger partial charge in [0.2, 0.25) is 0 Å². The van der Waals surface area contributed by atoms with Gasteiger partial charge >= 0.3 is 5.97 Å². The molecule has 19 heavy (non-hydrogen) atoms. The maximum Gasteiger partial charge on any atom is 0.325 e. The van der Waals surface area contributed by atoms with Gasteiger partial charge in [0.05, 0.1) is 7.11 Å². The van der Waals surface area contributed by atoms with E-state index in [-0.39, 0.29) is 5.97 Å². The molecule has 1 fully saturated rings. The van der Waals surface area contributed by atoms with Crippen LogP contribution in [0.3, 0.4) is 0 Å². The number of hydrogen-bond donors (Lipinski definition) is 1. The van der Waals surface area contributed by atoms with Crippen molar-refractivity contribution in [3.8, 4) is 0 Å². The molecule has 0 bridgehead atoms. The van der Waals surface area contributed by atoms with E-state index in [1.54, 1.807) is 6.92 Å². The van der Waals surface area contributed by atoms with Gasteiger partial charge in [-0.05, 0) is 58.2 Å². The fourth-order valence-electron chi connectivity index (χ4n) is 2.91. The van der Waals surface area contributed by atoms with E-state index in [0.29, 0.717) is 6.42 Å². The average molecular weight is 270 g/mol. The topological polar surface area (TPSA) is 55.6 Å². The number of piperidine rings is 1. The Morgan fingerprint density at radius 3 is 2.58 bits per heavy atom. The molecule has 4 heteroatoms. The van der Waals surface area contributed by atoms with Gasteiger partial charge in [-0.2, -0.15) is 0 Å². The highest BCUT2D eigenvalue weighted by atomic mass is 16.5. The van der Waals surface area contributed by atoms with E-state index in [1.807, 2.05) is 0 Å². The van der Waals surface area contributed by atoms with Crippen LogP contribution in [0.4, 0.5) is 0 Å². The molecule has 1 aliphatic rings. The molecular formula is C15H30N2O2. The number of nitrogens with zero attached hydrogens (tertiary/aromatic N) is 1. The number of carbonyl (C=O) groups excluding carboxylic acids is 1.